The second-order valence-corrected chi connectivity index (χ2v) is 6.76. The Labute approximate surface area is 150 Å². The van der Waals surface area contributed by atoms with E-state index in [2.05, 4.69) is 0 Å². The smallest absolute Gasteiger partial charge is 0.329 e. The molecule has 0 spiro atoms. The lowest BCUT2D eigenvalue weighted by atomic mass is 9.81. The van der Waals surface area contributed by atoms with E-state index in [0.717, 1.165) is 29.9 Å². The number of hydrogen-bond donors (Lipinski definition) is 0. The fourth-order valence-corrected chi connectivity index (χ4v) is 3.65. The van der Waals surface area contributed by atoms with Gasteiger partial charge in [-0.3, -0.25) is 19.3 Å². The van der Waals surface area contributed by atoms with E-state index in [1.807, 2.05) is 0 Å². The van der Waals surface area contributed by atoms with Gasteiger partial charge in [0.1, 0.15) is 11.9 Å². The molecule has 1 aromatic rings. The minimum atomic E-state index is -1.07. The molecule has 0 unspecified atom stereocenters. The third-order valence-corrected chi connectivity index (χ3v) is 5.12. The van der Waals surface area contributed by atoms with Crippen LogP contribution in [0.15, 0.2) is 24.3 Å². The van der Waals surface area contributed by atoms with Gasteiger partial charge in [-0.05, 0) is 44.0 Å². The van der Waals surface area contributed by atoms with Gasteiger partial charge in [0.15, 0.2) is 12.4 Å². The molecule has 138 valence electrons. The van der Waals surface area contributed by atoms with Crippen LogP contribution in [0.3, 0.4) is 0 Å². The number of carbonyl (C=O) groups excluding carboxylic acids is 4. The molecule has 0 N–H and O–H groups in total. The molecule has 1 aliphatic heterocycles. The van der Waals surface area contributed by atoms with Crippen LogP contribution in [0.4, 0.5) is 4.39 Å². The molecule has 1 heterocycles. The Morgan fingerprint density at radius 3 is 2.19 bits per heavy atom. The molecule has 2 aliphatic rings. The third kappa shape index (κ3) is 3.38. The van der Waals surface area contributed by atoms with Gasteiger partial charge >= 0.3 is 5.97 Å². The predicted molar refractivity (Wildman–Crippen MR) is 88.5 cm³/mol. The van der Waals surface area contributed by atoms with Gasteiger partial charge in [-0.2, -0.15) is 0 Å². The molecule has 6 nitrogen and oxygen atoms in total. The highest BCUT2D eigenvalue weighted by molar-refractivity contribution is 6.08. The summed E-state index contributed by atoms with van der Waals surface area (Å²) in [6.07, 6.45) is 3.13. The molecule has 1 aliphatic carbocycles. The van der Waals surface area contributed by atoms with Gasteiger partial charge < -0.3 is 4.74 Å². The SMILES string of the molecule is C[C@@H](C(=O)OCC(=O)c1ccc(F)cc1)N1C(=O)[C@H]2CCCC[C@H]2C1=O. The van der Waals surface area contributed by atoms with E-state index in [1.54, 1.807) is 0 Å². The number of rotatable bonds is 5. The largest absolute Gasteiger partial charge is 0.456 e. The lowest BCUT2D eigenvalue weighted by molar-refractivity contribution is -0.157. The minimum absolute atomic E-state index is 0.214. The number of fused-ring (bicyclic) bond motifs is 1. The first-order valence-corrected chi connectivity index (χ1v) is 8.72. The quantitative estimate of drug-likeness (QED) is 0.456. The van der Waals surface area contributed by atoms with Gasteiger partial charge in [-0.15, -0.1) is 0 Å². The summed E-state index contributed by atoms with van der Waals surface area (Å²) in [4.78, 5) is 50.2. The van der Waals surface area contributed by atoms with E-state index in [4.69, 9.17) is 4.74 Å². The molecular formula is C19H20FNO5. The van der Waals surface area contributed by atoms with E-state index in [1.165, 1.54) is 19.1 Å². The molecule has 1 aromatic carbocycles. The molecule has 0 bridgehead atoms. The van der Waals surface area contributed by atoms with Crippen LogP contribution < -0.4 is 0 Å². The van der Waals surface area contributed by atoms with Crippen molar-refractivity contribution in [3.8, 4) is 0 Å². The lowest BCUT2D eigenvalue weighted by Crippen LogP contribution is -2.44. The number of ketones is 1. The molecular weight excluding hydrogens is 341 g/mol. The summed E-state index contributed by atoms with van der Waals surface area (Å²) in [5.41, 5.74) is 0.214. The minimum Gasteiger partial charge on any atom is -0.456 e. The van der Waals surface area contributed by atoms with Crippen molar-refractivity contribution in [2.45, 2.75) is 38.6 Å². The van der Waals surface area contributed by atoms with Crippen molar-refractivity contribution in [1.82, 2.24) is 4.90 Å². The first-order valence-electron chi connectivity index (χ1n) is 8.72. The number of carbonyl (C=O) groups is 4. The first-order chi connectivity index (χ1) is 12.4. The average Bonchev–Trinajstić information content (AvgIpc) is 2.90. The zero-order chi connectivity index (χ0) is 18.8. The topological polar surface area (TPSA) is 80.8 Å². The highest BCUT2D eigenvalue weighted by Crippen LogP contribution is 2.38. The Bertz CT molecular complexity index is 721. The number of halogens is 1. The Hall–Kier alpha value is -2.57. The van der Waals surface area contributed by atoms with Crippen LogP contribution in [0.2, 0.25) is 0 Å². The normalized spacial score (nSPS) is 23.5. The van der Waals surface area contributed by atoms with Crippen LogP contribution >= 0.6 is 0 Å². The van der Waals surface area contributed by atoms with Gasteiger partial charge in [0.25, 0.3) is 0 Å². The maximum atomic E-state index is 12.9. The summed E-state index contributed by atoms with van der Waals surface area (Å²) in [5, 5.41) is 0. The predicted octanol–water partition coefficient (Wildman–Crippen LogP) is 2.12. The lowest BCUT2D eigenvalue weighted by Gasteiger charge is -2.21. The van der Waals surface area contributed by atoms with Crippen LogP contribution in [0.1, 0.15) is 43.0 Å². The summed E-state index contributed by atoms with van der Waals surface area (Å²) in [6.45, 7) is 0.899. The van der Waals surface area contributed by atoms with E-state index in [9.17, 15) is 23.6 Å². The molecule has 1 saturated carbocycles. The highest BCUT2D eigenvalue weighted by atomic mass is 19.1. The van der Waals surface area contributed by atoms with E-state index < -0.39 is 30.2 Å². The van der Waals surface area contributed by atoms with Gasteiger partial charge in [-0.1, -0.05) is 12.8 Å². The third-order valence-electron chi connectivity index (χ3n) is 5.12. The van der Waals surface area contributed by atoms with Crippen LogP contribution in [-0.2, 0) is 19.1 Å². The van der Waals surface area contributed by atoms with Crippen molar-refractivity contribution in [3.63, 3.8) is 0 Å². The van der Waals surface area contributed by atoms with Gasteiger partial charge in [0, 0.05) is 5.56 Å². The second-order valence-electron chi connectivity index (χ2n) is 6.76. The van der Waals surface area contributed by atoms with Gasteiger partial charge in [0.2, 0.25) is 11.8 Å². The summed E-state index contributed by atoms with van der Waals surface area (Å²) >= 11 is 0. The number of esters is 1. The molecule has 7 heteroatoms. The summed E-state index contributed by atoms with van der Waals surface area (Å²) in [7, 11) is 0. The maximum Gasteiger partial charge on any atom is 0.329 e. The summed E-state index contributed by atoms with van der Waals surface area (Å²) < 4.78 is 17.9. The van der Waals surface area contributed by atoms with E-state index >= 15 is 0 Å². The number of Topliss-reactive ketones (excluding diaryl/α,β-unsaturated/α-hetero) is 1. The van der Waals surface area contributed by atoms with Crippen LogP contribution in [-0.4, -0.2) is 41.1 Å². The van der Waals surface area contributed by atoms with Crippen LogP contribution in [0.25, 0.3) is 0 Å². The van der Waals surface area contributed by atoms with Crippen molar-refractivity contribution in [2.75, 3.05) is 6.61 Å². The van der Waals surface area contributed by atoms with Crippen molar-refractivity contribution >= 4 is 23.6 Å². The molecule has 2 fully saturated rings. The highest BCUT2D eigenvalue weighted by Gasteiger charge is 2.51. The summed E-state index contributed by atoms with van der Waals surface area (Å²) in [6, 6.07) is 3.81. The molecule has 2 amide bonds. The number of benzene rings is 1. The number of amides is 2. The average molecular weight is 361 g/mol. The van der Waals surface area contributed by atoms with Crippen LogP contribution in [0.5, 0.6) is 0 Å². The molecule has 0 aromatic heterocycles. The van der Waals surface area contributed by atoms with Gasteiger partial charge in [0.05, 0.1) is 11.8 Å². The van der Waals surface area contributed by atoms with Crippen LogP contribution in [0, 0.1) is 17.7 Å². The molecule has 3 rings (SSSR count). The number of ether oxygens (including phenoxy) is 1. The first kappa shape index (κ1) is 18.2. The monoisotopic (exact) mass is 361 g/mol. The number of imide groups is 1. The maximum absolute atomic E-state index is 12.9. The standard InChI is InChI=1S/C19H20FNO5/c1-11(21-17(23)14-4-2-3-5-15(14)18(21)24)19(25)26-10-16(22)12-6-8-13(20)9-7-12/h6-9,11,14-15H,2-5,10H2,1H3/t11-,14-,15+/m0/s1. The van der Waals surface area contributed by atoms with Crippen molar-refractivity contribution in [1.29, 1.82) is 0 Å². The Morgan fingerprint density at radius 1 is 1.12 bits per heavy atom. The second kappa shape index (κ2) is 7.35. The molecule has 3 atom stereocenters. The van der Waals surface area contributed by atoms with Crippen molar-refractivity contribution in [3.05, 3.63) is 35.6 Å². The molecule has 1 saturated heterocycles. The van der Waals surface area contributed by atoms with Crippen molar-refractivity contribution in [2.24, 2.45) is 11.8 Å². The number of hydrogen-bond acceptors (Lipinski definition) is 5. The zero-order valence-electron chi connectivity index (χ0n) is 14.4. The van der Waals surface area contributed by atoms with Gasteiger partial charge in [-0.25, -0.2) is 9.18 Å². The zero-order valence-corrected chi connectivity index (χ0v) is 14.4. The summed E-state index contributed by atoms with van der Waals surface area (Å²) in [5.74, 6) is -3.10. The van der Waals surface area contributed by atoms with E-state index in [-0.39, 0.29) is 29.2 Å². The Morgan fingerprint density at radius 2 is 1.65 bits per heavy atom. The molecule has 26 heavy (non-hydrogen) atoms. The molecule has 0 radical (unpaired) electrons. The number of likely N-dealkylation sites (tertiary alicyclic amines) is 1. The Kier molecular flexibility index (Phi) is 5.15. The fraction of sp³-hybridized carbons (Fsp3) is 0.474. The van der Waals surface area contributed by atoms with E-state index in [0.29, 0.717) is 12.8 Å². The fourth-order valence-electron chi connectivity index (χ4n) is 3.65. The number of nitrogens with zero attached hydrogens (tertiary/aromatic N) is 1. The Balaban J connectivity index is 1.61. The van der Waals surface area contributed by atoms with Crippen molar-refractivity contribution < 1.29 is 28.3 Å².